The van der Waals surface area contributed by atoms with Gasteiger partial charge in [-0.05, 0) is 31.0 Å². The second kappa shape index (κ2) is 10.5. The fraction of sp³-hybridized carbons (Fsp3) is 0.292. The molecule has 5 rings (SSSR count). The van der Waals surface area contributed by atoms with Gasteiger partial charge in [-0.15, -0.1) is 11.3 Å². The Hall–Kier alpha value is -3.41. The molecule has 1 aromatic carbocycles. The number of halogens is 2. The van der Waals surface area contributed by atoms with Gasteiger partial charge in [0, 0.05) is 18.5 Å². The predicted octanol–water partition coefficient (Wildman–Crippen LogP) is 3.68. The largest absolute Gasteiger partial charge is 0.349 e. The number of H-pyrrole nitrogens is 1. The normalized spacial score (nSPS) is 16.9. The quantitative estimate of drug-likeness (QED) is 0.380. The second-order valence-electron chi connectivity index (χ2n) is 8.68. The molecule has 13 heteroatoms. The molecule has 1 fully saturated rings. The number of fused-ring (bicyclic) bond motifs is 1. The molecule has 0 bridgehead atoms. The number of hydrogen-bond donors (Lipinski definition) is 3. The van der Waals surface area contributed by atoms with Crippen LogP contribution in [0.2, 0.25) is 10.2 Å². The smallest absolute Gasteiger partial charge is 0.318 e. The number of nitrogens with one attached hydrogen (secondary N) is 3. The first-order chi connectivity index (χ1) is 17.8. The maximum absolute atomic E-state index is 12.8. The molecule has 3 N–H and O–H groups in total. The molecule has 192 valence electrons. The van der Waals surface area contributed by atoms with Gasteiger partial charge in [0.15, 0.2) is 0 Å². The summed E-state index contributed by atoms with van der Waals surface area (Å²) in [5.74, 6) is -1.02. The van der Waals surface area contributed by atoms with E-state index in [2.05, 4.69) is 20.6 Å². The van der Waals surface area contributed by atoms with E-state index in [1.165, 1.54) is 22.3 Å². The van der Waals surface area contributed by atoms with Crippen molar-refractivity contribution in [2.75, 3.05) is 13.1 Å². The van der Waals surface area contributed by atoms with Crippen molar-refractivity contribution in [3.63, 3.8) is 0 Å². The lowest BCUT2D eigenvalue weighted by molar-refractivity contribution is 0.0640. The molecule has 1 atom stereocenters. The fourth-order valence-electron chi connectivity index (χ4n) is 4.45. The number of likely N-dealkylation sites (tertiary alicyclic amines) is 1. The lowest BCUT2D eigenvalue weighted by Crippen LogP contribution is -2.47. The van der Waals surface area contributed by atoms with Gasteiger partial charge < -0.3 is 20.5 Å². The van der Waals surface area contributed by atoms with Crippen molar-refractivity contribution >= 4 is 58.3 Å². The molecule has 10 nitrogen and oxygen atoms in total. The van der Waals surface area contributed by atoms with E-state index in [0.717, 1.165) is 12.8 Å². The van der Waals surface area contributed by atoms with Crippen LogP contribution in [-0.4, -0.2) is 62.7 Å². The molecule has 2 aromatic heterocycles. The van der Waals surface area contributed by atoms with E-state index >= 15 is 0 Å². The number of thiazole rings is 1. The van der Waals surface area contributed by atoms with E-state index < -0.39 is 0 Å². The summed E-state index contributed by atoms with van der Waals surface area (Å²) in [7, 11) is 0. The van der Waals surface area contributed by atoms with Gasteiger partial charge in [0.05, 0.1) is 41.0 Å². The van der Waals surface area contributed by atoms with Crippen LogP contribution < -0.4 is 10.6 Å². The highest BCUT2D eigenvalue weighted by Crippen LogP contribution is 2.25. The van der Waals surface area contributed by atoms with Crippen LogP contribution in [0.1, 0.15) is 54.7 Å². The molecular formula is C24H22Cl2N6O4S. The van der Waals surface area contributed by atoms with E-state index in [4.69, 9.17) is 23.2 Å². The van der Waals surface area contributed by atoms with Crippen LogP contribution in [0.5, 0.6) is 0 Å². The van der Waals surface area contributed by atoms with Crippen LogP contribution in [0.4, 0.5) is 4.79 Å². The number of imide groups is 1. The van der Waals surface area contributed by atoms with Gasteiger partial charge in [0.25, 0.3) is 17.7 Å². The molecule has 4 heterocycles. The Morgan fingerprint density at radius 1 is 1.14 bits per heavy atom. The number of rotatable bonds is 7. The highest BCUT2D eigenvalue weighted by molar-refractivity contribution is 7.09. The molecule has 0 spiro atoms. The fourth-order valence-corrected chi connectivity index (χ4v) is 5.49. The van der Waals surface area contributed by atoms with E-state index in [-0.39, 0.29) is 58.8 Å². The van der Waals surface area contributed by atoms with Gasteiger partial charge in [-0.25, -0.2) is 9.78 Å². The van der Waals surface area contributed by atoms with E-state index in [1.807, 2.05) is 0 Å². The standard InChI is InChI=1S/C24H22Cl2N6O4S/c25-17-8-18(30-20(17)26)21(33)27-9-14-4-3-7-31(14)24(36)28-10-19-29-13(12-37-19)11-32-22(34)15-5-1-2-6-16(15)23(32)35/h1-2,5-6,8,12,14,30H,3-4,7,9-11H2,(H,27,33)(H,28,36). The SMILES string of the molecule is O=C(NCC1CCCN1C(=O)NCc1nc(CN2C(=O)c3ccccc3C2=O)cs1)c1cc(Cl)c(Cl)[nH]1. The van der Waals surface area contributed by atoms with Gasteiger partial charge in [-0.2, -0.15) is 0 Å². The Bertz CT molecular complexity index is 1330. The summed E-state index contributed by atoms with van der Waals surface area (Å²) in [6.07, 6.45) is 1.59. The topological polar surface area (TPSA) is 128 Å². The Morgan fingerprint density at radius 3 is 2.54 bits per heavy atom. The van der Waals surface area contributed by atoms with Crippen molar-refractivity contribution in [3.05, 3.63) is 73.4 Å². The van der Waals surface area contributed by atoms with Crippen LogP contribution in [0.3, 0.4) is 0 Å². The highest BCUT2D eigenvalue weighted by Gasteiger charge is 2.35. The van der Waals surface area contributed by atoms with Crippen LogP contribution in [-0.2, 0) is 13.1 Å². The number of amides is 5. The van der Waals surface area contributed by atoms with Gasteiger partial charge in [-0.1, -0.05) is 35.3 Å². The first kappa shape index (κ1) is 25.2. The van der Waals surface area contributed by atoms with Crippen LogP contribution >= 0.6 is 34.5 Å². The number of urea groups is 1. The third-order valence-electron chi connectivity index (χ3n) is 6.29. The molecule has 37 heavy (non-hydrogen) atoms. The van der Waals surface area contributed by atoms with Crippen molar-refractivity contribution < 1.29 is 19.2 Å². The summed E-state index contributed by atoms with van der Waals surface area (Å²) in [6.45, 7) is 1.15. The molecule has 0 saturated carbocycles. The minimum absolute atomic E-state index is 0.0714. The lowest BCUT2D eigenvalue weighted by Gasteiger charge is -2.25. The first-order valence-corrected chi connectivity index (χ1v) is 13.2. The van der Waals surface area contributed by atoms with Crippen molar-refractivity contribution in [1.29, 1.82) is 0 Å². The second-order valence-corrected chi connectivity index (χ2v) is 10.4. The number of benzene rings is 1. The highest BCUT2D eigenvalue weighted by atomic mass is 35.5. The molecule has 1 unspecified atom stereocenters. The minimum atomic E-state index is -0.352. The number of aromatic nitrogens is 2. The number of aromatic amines is 1. The molecule has 5 amide bonds. The minimum Gasteiger partial charge on any atom is -0.349 e. The first-order valence-electron chi connectivity index (χ1n) is 11.6. The molecule has 1 saturated heterocycles. The molecule has 0 radical (unpaired) electrons. The maximum Gasteiger partial charge on any atom is 0.318 e. The molecule has 2 aliphatic rings. The summed E-state index contributed by atoms with van der Waals surface area (Å²) < 4.78 is 0. The summed E-state index contributed by atoms with van der Waals surface area (Å²) >= 11 is 13.1. The molecule has 3 aromatic rings. The predicted molar refractivity (Wildman–Crippen MR) is 138 cm³/mol. The van der Waals surface area contributed by atoms with Gasteiger partial charge in [-0.3, -0.25) is 19.3 Å². The average Bonchev–Trinajstić information content (AvgIpc) is 3.67. The third kappa shape index (κ3) is 5.20. The number of carbonyl (C=O) groups is 4. The maximum atomic E-state index is 12.8. The zero-order valence-corrected chi connectivity index (χ0v) is 21.8. The number of hydrogen-bond acceptors (Lipinski definition) is 6. The van der Waals surface area contributed by atoms with Gasteiger partial charge >= 0.3 is 6.03 Å². The number of nitrogens with zero attached hydrogens (tertiary/aromatic N) is 3. The summed E-state index contributed by atoms with van der Waals surface area (Å²) in [5.41, 5.74) is 1.62. The van der Waals surface area contributed by atoms with E-state index in [0.29, 0.717) is 34.9 Å². The Morgan fingerprint density at radius 2 is 1.86 bits per heavy atom. The average molecular weight is 561 g/mol. The summed E-state index contributed by atoms with van der Waals surface area (Å²) in [5, 5.41) is 8.58. The van der Waals surface area contributed by atoms with Crippen LogP contribution in [0.15, 0.2) is 35.7 Å². The van der Waals surface area contributed by atoms with Gasteiger partial charge in [0.2, 0.25) is 0 Å². The summed E-state index contributed by atoms with van der Waals surface area (Å²) in [6, 6.07) is 7.79. The Labute approximate surface area is 225 Å². The van der Waals surface area contributed by atoms with Crippen molar-refractivity contribution in [1.82, 2.24) is 30.4 Å². The van der Waals surface area contributed by atoms with Crippen LogP contribution in [0, 0.1) is 0 Å². The zero-order chi connectivity index (χ0) is 26.1. The van der Waals surface area contributed by atoms with E-state index in [9.17, 15) is 19.2 Å². The van der Waals surface area contributed by atoms with Crippen molar-refractivity contribution in [2.24, 2.45) is 0 Å². The molecule has 2 aliphatic heterocycles. The monoisotopic (exact) mass is 560 g/mol. The number of carbonyl (C=O) groups excluding carboxylic acids is 4. The Kier molecular flexibility index (Phi) is 7.18. The lowest BCUT2D eigenvalue weighted by atomic mass is 10.1. The van der Waals surface area contributed by atoms with Crippen molar-refractivity contribution in [2.45, 2.75) is 32.0 Å². The summed E-state index contributed by atoms with van der Waals surface area (Å²) in [4.78, 5) is 60.4. The zero-order valence-electron chi connectivity index (χ0n) is 19.4. The van der Waals surface area contributed by atoms with Crippen molar-refractivity contribution in [3.8, 4) is 0 Å². The van der Waals surface area contributed by atoms with Crippen LogP contribution in [0.25, 0.3) is 0 Å². The van der Waals surface area contributed by atoms with Gasteiger partial charge in [0.1, 0.15) is 15.9 Å². The Balaban J connectivity index is 1.12. The molecular weight excluding hydrogens is 539 g/mol. The van der Waals surface area contributed by atoms with E-state index in [1.54, 1.807) is 34.5 Å². The third-order valence-corrected chi connectivity index (χ3v) is 7.89. The molecule has 0 aliphatic carbocycles.